The summed E-state index contributed by atoms with van der Waals surface area (Å²) in [4.78, 5) is 24.4. The Morgan fingerprint density at radius 3 is 2.80 bits per heavy atom. The summed E-state index contributed by atoms with van der Waals surface area (Å²) in [5, 5.41) is 1.40. The van der Waals surface area contributed by atoms with Gasteiger partial charge in [-0.05, 0) is 43.3 Å². The molecule has 0 amide bonds. The minimum Gasteiger partial charge on any atom is -0.454 e. The Labute approximate surface area is 148 Å². The number of pyridine rings is 1. The van der Waals surface area contributed by atoms with E-state index in [1.165, 1.54) is 0 Å². The molecular formula is C19H14ClN3O2. The van der Waals surface area contributed by atoms with E-state index in [-0.39, 0.29) is 6.61 Å². The molecular weight excluding hydrogens is 338 g/mol. The molecule has 0 saturated carbocycles. The average Bonchev–Trinajstić information content (AvgIpc) is 3.02. The van der Waals surface area contributed by atoms with E-state index in [9.17, 15) is 4.79 Å². The zero-order valence-corrected chi connectivity index (χ0v) is 14.2. The molecule has 4 rings (SSSR count). The molecule has 2 heterocycles. The van der Waals surface area contributed by atoms with Gasteiger partial charge in [-0.25, -0.2) is 9.78 Å². The highest BCUT2D eigenvalue weighted by Crippen LogP contribution is 2.21. The lowest BCUT2D eigenvalue weighted by Gasteiger charge is -2.07. The third-order valence-electron chi connectivity index (χ3n) is 3.97. The molecule has 5 nitrogen and oxygen atoms in total. The molecule has 25 heavy (non-hydrogen) atoms. The van der Waals surface area contributed by atoms with Crippen molar-refractivity contribution in [1.29, 1.82) is 0 Å². The summed E-state index contributed by atoms with van der Waals surface area (Å²) >= 11 is 6.01. The molecule has 0 radical (unpaired) electrons. The number of carbonyl (C=O) groups is 1. The molecule has 0 saturated heterocycles. The van der Waals surface area contributed by atoms with Crippen molar-refractivity contribution in [2.45, 2.75) is 13.5 Å². The van der Waals surface area contributed by atoms with Gasteiger partial charge in [-0.15, -0.1) is 0 Å². The second-order valence-corrected chi connectivity index (χ2v) is 6.17. The zero-order chi connectivity index (χ0) is 17.4. The third kappa shape index (κ3) is 3.06. The fourth-order valence-electron chi connectivity index (χ4n) is 2.74. The second kappa shape index (κ2) is 6.18. The van der Waals surface area contributed by atoms with E-state index in [1.807, 2.05) is 30.3 Å². The van der Waals surface area contributed by atoms with E-state index < -0.39 is 5.97 Å². The normalized spacial score (nSPS) is 11.1. The number of ether oxygens (including phenoxy) is 1. The first-order chi connectivity index (χ1) is 12.1. The highest BCUT2D eigenvalue weighted by atomic mass is 35.5. The van der Waals surface area contributed by atoms with Gasteiger partial charge in [0, 0.05) is 10.4 Å². The number of nitrogens with one attached hydrogen (secondary N) is 1. The van der Waals surface area contributed by atoms with Gasteiger partial charge >= 0.3 is 5.97 Å². The molecule has 0 unspecified atom stereocenters. The number of benzene rings is 2. The average molecular weight is 352 g/mol. The van der Waals surface area contributed by atoms with Gasteiger partial charge in [0.2, 0.25) is 0 Å². The minimum atomic E-state index is -0.438. The van der Waals surface area contributed by atoms with Crippen LogP contribution in [0.15, 0.2) is 48.5 Å². The number of fused-ring (bicyclic) bond motifs is 2. The number of rotatable bonds is 3. The summed E-state index contributed by atoms with van der Waals surface area (Å²) in [6.45, 7) is 1.85. The van der Waals surface area contributed by atoms with Crippen molar-refractivity contribution < 1.29 is 9.53 Å². The van der Waals surface area contributed by atoms with Crippen LogP contribution in [0, 0.1) is 6.92 Å². The van der Waals surface area contributed by atoms with Crippen molar-refractivity contribution in [2.24, 2.45) is 0 Å². The van der Waals surface area contributed by atoms with E-state index in [4.69, 9.17) is 16.3 Å². The van der Waals surface area contributed by atoms with Crippen LogP contribution in [-0.2, 0) is 11.3 Å². The summed E-state index contributed by atoms with van der Waals surface area (Å²) < 4.78 is 5.40. The molecule has 124 valence electrons. The quantitative estimate of drug-likeness (QED) is 0.554. The Morgan fingerprint density at radius 1 is 1.12 bits per heavy atom. The van der Waals surface area contributed by atoms with Crippen molar-refractivity contribution in [3.63, 3.8) is 0 Å². The Morgan fingerprint density at radius 2 is 1.96 bits per heavy atom. The number of aromatic amines is 1. The largest absolute Gasteiger partial charge is 0.454 e. The molecule has 4 aromatic rings. The number of aromatic nitrogens is 3. The van der Waals surface area contributed by atoms with Crippen LogP contribution in [0.3, 0.4) is 0 Å². The highest BCUT2D eigenvalue weighted by Gasteiger charge is 2.14. The molecule has 0 aliphatic heterocycles. The first-order valence-electron chi connectivity index (χ1n) is 7.78. The molecule has 0 atom stereocenters. The van der Waals surface area contributed by atoms with Crippen LogP contribution < -0.4 is 0 Å². The number of hydrogen-bond donors (Lipinski definition) is 1. The Bertz CT molecular complexity index is 1070. The van der Waals surface area contributed by atoms with Crippen molar-refractivity contribution in [1.82, 2.24) is 15.0 Å². The number of H-pyrrole nitrogens is 1. The Kier molecular flexibility index (Phi) is 3.86. The number of imidazole rings is 1. The third-order valence-corrected chi connectivity index (χ3v) is 4.20. The molecule has 1 N–H and O–H groups in total. The van der Waals surface area contributed by atoms with Gasteiger partial charge in [0.1, 0.15) is 12.4 Å². The maximum absolute atomic E-state index is 12.4. The SMILES string of the molecule is Cc1nc2ccc(Cl)cc2cc1C(=O)OCc1nc2ccccc2[nH]1. The number of esters is 1. The number of para-hydroxylation sites is 2. The van der Waals surface area contributed by atoms with Crippen LogP contribution in [0.1, 0.15) is 21.9 Å². The van der Waals surface area contributed by atoms with Gasteiger partial charge in [0.15, 0.2) is 0 Å². The van der Waals surface area contributed by atoms with Crippen molar-refractivity contribution in [2.75, 3.05) is 0 Å². The fraction of sp³-hybridized carbons (Fsp3) is 0.105. The van der Waals surface area contributed by atoms with Gasteiger partial charge in [-0.3, -0.25) is 4.98 Å². The maximum atomic E-state index is 12.4. The van der Waals surface area contributed by atoms with E-state index in [0.717, 1.165) is 21.9 Å². The first-order valence-corrected chi connectivity index (χ1v) is 8.15. The van der Waals surface area contributed by atoms with Gasteiger partial charge in [-0.2, -0.15) is 0 Å². The van der Waals surface area contributed by atoms with Gasteiger partial charge in [0.25, 0.3) is 0 Å². The summed E-state index contributed by atoms with van der Waals surface area (Å²) in [6, 6.07) is 14.8. The lowest BCUT2D eigenvalue weighted by Crippen LogP contribution is -2.09. The Balaban J connectivity index is 1.57. The van der Waals surface area contributed by atoms with Crippen LogP contribution in [0.2, 0.25) is 5.02 Å². The van der Waals surface area contributed by atoms with Crippen LogP contribution in [0.4, 0.5) is 0 Å². The van der Waals surface area contributed by atoms with E-state index in [2.05, 4.69) is 15.0 Å². The summed E-state index contributed by atoms with van der Waals surface area (Å²) in [5.74, 6) is 0.163. The van der Waals surface area contributed by atoms with Crippen molar-refractivity contribution in [3.05, 3.63) is 70.6 Å². The van der Waals surface area contributed by atoms with Crippen LogP contribution in [0.5, 0.6) is 0 Å². The van der Waals surface area contributed by atoms with Gasteiger partial charge in [0.05, 0.1) is 27.8 Å². The summed E-state index contributed by atoms with van der Waals surface area (Å²) in [7, 11) is 0. The molecule has 0 aliphatic rings. The number of halogens is 1. The first kappa shape index (κ1) is 15.6. The molecule has 0 fully saturated rings. The van der Waals surface area contributed by atoms with Crippen molar-refractivity contribution in [3.8, 4) is 0 Å². The van der Waals surface area contributed by atoms with Crippen molar-refractivity contribution >= 4 is 39.5 Å². The van der Waals surface area contributed by atoms with Crippen LogP contribution in [-0.4, -0.2) is 20.9 Å². The monoisotopic (exact) mass is 351 g/mol. The van der Waals surface area contributed by atoms with Gasteiger partial charge < -0.3 is 9.72 Å². The van der Waals surface area contributed by atoms with E-state index >= 15 is 0 Å². The number of aryl methyl sites for hydroxylation is 1. The fourth-order valence-corrected chi connectivity index (χ4v) is 2.92. The van der Waals surface area contributed by atoms with E-state index in [1.54, 1.807) is 25.1 Å². The van der Waals surface area contributed by atoms with Crippen LogP contribution in [0.25, 0.3) is 21.9 Å². The lowest BCUT2D eigenvalue weighted by atomic mass is 10.1. The minimum absolute atomic E-state index is 0.0700. The summed E-state index contributed by atoms with van der Waals surface area (Å²) in [6.07, 6.45) is 0. The lowest BCUT2D eigenvalue weighted by molar-refractivity contribution is 0.0462. The topological polar surface area (TPSA) is 67.9 Å². The Hall–Kier alpha value is -2.92. The molecule has 6 heteroatoms. The maximum Gasteiger partial charge on any atom is 0.340 e. The predicted molar refractivity (Wildman–Crippen MR) is 96.7 cm³/mol. The number of hydrogen-bond acceptors (Lipinski definition) is 4. The highest BCUT2D eigenvalue weighted by molar-refractivity contribution is 6.31. The molecule has 0 spiro atoms. The predicted octanol–water partition coefficient (Wildman–Crippen LogP) is 4.43. The molecule has 2 aromatic heterocycles. The van der Waals surface area contributed by atoms with E-state index in [0.29, 0.717) is 22.1 Å². The number of carbonyl (C=O) groups excluding carboxylic acids is 1. The standard InChI is InChI=1S/C19H14ClN3O2/c1-11-14(9-12-8-13(20)6-7-15(12)21-11)19(24)25-10-18-22-16-4-2-3-5-17(16)23-18/h2-9H,10H2,1H3,(H,22,23). The van der Waals surface area contributed by atoms with Crippen LogP contribution >= 0.6 is 11.6 Å². The zero-order valence-electron chi connectivity index (χ0n) is 13.4. The number of nitrogens with zero attached hydrogens (tertiary/aromatic N) is 2. The van der Waals surface area contributed by atoms with Gasteiger partial charge in [-0.1, -0.05) is 23.7 Å². The smallest absolute Gasteiger partial charge is 0.340 e. The molecule has 0 bridgehead atoms. The second-order valence-electron chi connectivity index (χ2n) is 5.74. The molecule has 2 aromatic carbocycles. The molecule has 0 aliphatic carbocycles. The summed E-state index contributed by atoms with van der Waals surface area (Å²) in [5.41, 5.74) is 3.57.